The molecule has 0 aromatic carbocycles. The Hall–Kier alpha value is -0.820. The Balaban J connectivity index is 1.78. The third-order valence-electron chi connectivity index (χ3n) is 4.60. The van der Waals surface area contributed by atoms with Gasteiger partial charge in [-0.3, -0.25) is 0 Å². The van der Waals surface area contributed by atoms with E-state index in [2.05, 4.69) is 12.1 Å². The molecule has 19 heavy (non-hydrogen) atoms. The highest BCUT2D eigenvalue weighted by atomic mass is 32.2. The van der Waals surface area contributed by atoms with Crippen molar-refractivity contribution in [3.8, 4) is 6.07 Å². The van der Waals surface area contributed by atoms with Crippen molar-refractivity contribution in [2.24, 2.45) is 17.8 Å². The highest BCUT2D eigenvalue weighted by Crippen LogP contribution is 2.44. The Labute approximate surface area is 115 Å². The van der Waals surface area contributed by atoms with Crippen LogP contribution in [0.1, 0.15) is 44.9 Å². The van der Waals surface area contributed by atoms with Crippen molar-refractivity contribution in [2.75, 3.05) is 5.75 Å². The third-order valence-corrected chi connectivity index (χ3v) is 6.99. The van der Waals surface area contributed by atoms with Crippen LogP contribution in [0.3, 0.4) is 0 Å². The van der Waals surface area contributed by atoms with Gasteiger partial charge in [-0.1, -0.05) is 11.6 Å². The minimum Gasteiger partial charge on any atom is -0.228 e. The van der Waals surface area contributed by atoms with Crippen LogP contribution in [0.4, 0.5) is 0 Å². The molecule has 3 nitrogen and oxygen atoms in total. The zero-order valence-corrected chi connectivity index (χ0v) is 12.0. The predicted molar refractivity (Wildman–Crippen MR) is 74.1 cm³/mol. The number of hydrogen-bond donors (Lipinski definition) is 0. The maximum atomic E-state index is 12.6. The van der Waals surface area contributed by atoms with Gasteiger partial charge in [-0.25, -0.2) is 8.42 Å². The number of hydrogen-bond acceptors (Lipinski definition) is 3. The lowest BCUT2D eigenvalue weighted by molar-refractivity contribution is 0.540. The molecule has 0 N–H and O–H groups in total. The quantitative estimate of drug-likeness (QED) is 0.727. The Morgan fingerprint density at radius 2 is 2.00 bits per heavy atom. The summed E-state index contributed by atoms with van der Waals surface area (Å²) in [5.41, 5.74) is 1.12. The summed E-state index contributed by atoms with van der Waals surface area (Å²) in [6, 6.07) is 2.30. The van der Waals surface area contributed by atoms with Gasteiger partial charge < -0.3 is 0 Å². The lowest BCUT2D eigenvalue weighted by Gasteiger charge is -2.25. The van der Waals surface area contributed by atoms with E-state index in [1.165, 1.54) is 0 Å². The summed E-state index contributed by atoms with van der Waals surface area (Å²) in [6.07, 6.45) is 8.76. The topological polar surface area (TPSA) is 57.9 Å². The van der Waals surface area contributed by atoms with Crippen molar-refractivity contribution < 1.29 is 8.42 Å². The molecule has 3 aliphatic carbocycles. The predicted octanol–water partition coefficient (Wildman–Crippen LogP) is 2.84. The lowest BCUT2D eigenvalue weighted by Crippen LogP contribution is -2.30. The van der Waals surface area contributed by atoms with E-state index >= 15 is 0 Å². The van der Waals surface area contributed by atoms with Crippen molar-refractivity contribution in [3.63, 3.8) is 0 Å². The second-order valence-electron chi connectivity index (χ2n) is 6.41. The van der Waals surface area contributed by atoms with Crippen LogP contribution in [0.25, 0.3) is 0 Å². The van der Waals surface area contributed by atoms with Gasteiger partial charge >= 0.3 is 0 Å². The van der Waals surface area contributed by atoms with Crippen LogP contribution in [0, 0.1) is 29.1 Å². The molecular formula is C15H21NO2S. The first-order valence-electron chi connectivity index (χ1n) is 7.40. The Morgan fingerprint density at radius 3 is 2.47 bits per heavy atom. The van der Waals surface area contributed by atoms with Crippen LogP contribution in [0.5, 0.6) is 0 Å². The minimum atomic E-state index is -2.97. The molecule has 4 heteroatoms. The van der Waals surface area contributed by atoms with Gasteiger partial charge in [0.2, 0.25) is 0 Å². The third kappa shape index (κ3) is 3.02. The number of sulfone groups is 1. The largest absolute Gasteiger partial charge is 0.228 e. The SMILES string of the molecule is N#CC1CC=C(C(C2CC2)S(=O)(=O)CC2CC2)CC1. The maximum Gasteiger partial charge on any atom is 0.157 e. The Morgan fingerprint density at radius 1 is 1.26 bits per heavy atom. The normalized spacial score (nSPS) is 29.4. The molecule has 2 fully saturated rings. The Bertz CT molecular complexity index is 521. The van der Waals surface area contributed by atoms with Crippen LogP contribution in [-0.2, 0) is 9.84 Å². The van der Waals surface area contributed by atoms with Crippen LogP contribution in [0.15, 0.2) is 11.6 Å². The molecule has 0 amide bonds. The van der Waals surface area contributed by atoms with E-state index in [0.717, 1.165) is 50.5 Å². The fourth-order valence-electron chi connectivity index (χ4n) is 3.17. The van der Waals surface area contributed by atoms with Gasteiger partial charge in [0.1, 0.15) is 0 Å². The standard InChI is InChI=1S/C15H21NO2S/c16-9-11-3-5-13(6-4-11)15(14-7-8-14)19(17,18)10-12-1-2-12/h5,11-12,14-15H,1-4,6-8,10H2. The van der Waals surface area contributed by atoms with E-state index in [1.54, 1.807) is 0 Å². The first-order valence-corrected chi connectivity index (χ1v) is 9.12. The van der Waals surface area contributed by atoms with Gasteiger partial charge in [-0.15, -0.1) is 0 Å². The van der Waals surface area contributed by atoms with Gasteiger partial charge in [0.05, 0.1) is 23.0 Å². The smallest absolute Gasteiger partial charge is 0.157 e. The second-order valence-corrected chi connectivity index (χ2v) is 8.58. The summed E-state index contributed by atoms with van der Waals surface area (Å²) in [5.74, 6) is 1.29. The zero-order valence-electron chi connectivity index (χ0n) is 11.2. The summed E-state index contributed by atoms with van der Waals surface area (Å²) >= 11 is 0. The number of allylic oxidation sites excluding steroid dienone is 1. The molecular weight excluding hydrogens is 258 g/mol. The highest BCUT2D eigenvalue weighted by Gasteiger charge is 2.44. The zero-order chi connectivity index (χ0) is 13.5. The average molecular weight is 279 g/mol. The fraction of sp³-hybridized carbons (Fsp3) is 0.800. The van der Waals surface area contributed by atoms with Crippen LogP contribution < -0.4 is 0 Å². The summed E-state index contributed by atoms with van der Waals surface area (Å²) in [5, 5.41) is 8.71. The number of rotatable bonds is 5. The van der Waals surface area contributed by atoms with Gasteiger partial charge in [-0.05, 0) is 56.8 Å². The van der Waals surface area contributed by atoms with Crippen LogP contribution in [0.2, 0.25) is 0 Å². The summed E-state index contributed by atoms with van der Waals surface area (Å²) in [4.78, 5) is 0. The van der Waals surface area contributed by atoms with E-state index in [4.69, 9.17) is 5.26 Å². The average Bonchev–Trinajstić information content (AvgIpc) is 3.25. The van der Waals surface area contributed by atoms with Gasteiger partial charge in [0.25, 0.3) is 0 Å². The monoisotopic (exact) mass is 279 g/mol. The molecule has 3 aliphatic rings. The molecule has 104 valence electrons. The van der Waals surface area contributed by atoms with Gasteiger partial charge in [0.15, 0.2) is 9.84 Å². The molecule has 2 unspecified atom stereocenters. The van der Waals surface area contributed by atoms with E-state index in [1.807, 2.05) is 0 Å². The molecule has 0 aromatic heterocycles. The summed E-state index contributed by atoms with van der Waals surface area (Å²) in [7, 11) is -2.97. The summed E-state index contributed by atoms with van der Waals surface area (Å²) in [6.45, 7) is 0. The lowest BCUT2D eigenvalue weighted by atomic mass is 9.88. The van der Waals surface area contributed by atoms with Gasteiger partial charge in [-0.2, -0.15) is 5.26 Å². The van der Waals surface area contributed by atoms with Crippen molar-refractivity contribution in [3.05, 3.63) is 11.6 Å². The molecule has 3 rings (SSSR count). The molecule has 2 atom stereocenters. The minimum absolute atomic E-state index is 0.0924. The van der Waals surface area contributed by atoms with Gasteiger partial charge in [0, 0.05) is 0 Å². The van der Waals surface area contributed by atoms with Crippen molar-refractivity contribution in [1.82, 2.24) is 0 Å². The van der Waals surface area contributed by atoms with Crippen molar-refractivity contribution in [1.29, 1.82) is 5.26 Å². The van der Waals surface area contributed by atoms with E-state index < -0.39 is 9.84 Å². The molecule has 0 heterocycles. The highest BCUT2D eigenvalue weighted by molar-refractivity contribution is 7.92. The molecule has 2 saturated carbocycles. The van der Waals surface area contributed by atoms with E-state index in [0.29, 0.717) is 17.6 Å². The molecule has 0 bridgehead atoms. The Kier molecular flexibility index (Phi) is 3.42. The number of nitrogens with zero attached hydrogens (tertiary/aromatic N) is 1. The molecule has 0 radical (unpaired) electrons. The molecule has 0 aliphatic heterocycles. The van der Waals surface area contributed by atoms with Crippen molar-refractivity contribution >= 4 is 9.84 Å². The fourth-order valence-corrected chi connectivity index (χ4v) is 5.90. The summed E-state index contributed by atoms with van der Waals surface area (Å²) < 4.78 is 25.2. The van der Waals surface area contributed by atoms with Crippen molar-refractivity contribution in [2.45, 2.75) is 50.2 Å². The van der Waals surface area contributed by atoms with E-state index in [-0.39, 0.29) is 11.2 Å². The second kappa shape index (κ2) is 4.94. The first kappa shape index (κ1) is 13.2. The van der Waals surface area contributed by atoms with Crippen LogP contribution >= 0.6 is 0 Å². The van der Waals surface area contributed by atoms with Crippen LogP contribution in [-0.4, -0.2) is 19.4 Å². The first-order chi connectivity index (χ1) is 9.10. The van der Waals surface area contributed by atoms with E-state index in [9.17, 15) is 8.42 Å². The maximum absolute atomic E-state index is 12.6. The molecule has 0 spiro atoms. The molecule has 0 saturated heterocycles. The molecule has 0 aromatic rings. The number of nitriles is 1.